The van der Waals surface area contributed by atoms with Gasteiger partial charge >= 0.3 is 0 Å². The number of rotatable bonds is 4. The summed E-state index contributed by atoms with van der Waals surface area (Å²) in [4.78, 5) is 15.6. The summed E-state index contributed by atoms with van der Waals surface area (Å²) in [5.41, 5.74) is 0.964. The number of nitrogens with zero attached hydrogens (tertiary/aromatic N) is 1. The highest BCUT2D eigenvalue weighted by atomic mass is 19.3. The van der Waals surface area contributed by atoms with Gasteiger partial charge in [0.05, 0.1) is 6.54 Å². The fraction of sp³-hybridized carbons (Fsp3) is 0.400. The second-order valence-electron chi connectivity index (χ2n) is 3.23. The molecule has 0 unspecified atom stereocenters. The van der Waals surface area contributed by atoms with Gasteiger partial charge in [0.1, 0.15) is 5.82 Å². The zero-order valence-corrected chi connectivity index (χ0v) is 9.05. The van der Waals surface area contributed by atoms with Crippen LogP contribution in [0, 0.1) is 6.92 Å². The highest BCUT2D eigenvalue weighted by Crippen LogP contribution is 2.09. The number of halogens is 2. The molecule has 1 heterocycles. The average Bonchev–Trinajstić information content (AvgIpc) is 2.24. The number of anilines is 1. The first-order chi connectivity index (χ1) is 7.52. The van der Waals surface area contributed by atoms with Gasteiger partial charge in [0, 0.05) is 18.3 Å². The molecule has 6 heteroatoms. The molecule has 1 aromatic rings. The van der Waals surface area contributed by atoms with Gasteiger partial charge in [-0.3, -0.25) is 4.79 Å². The van der Waals surface area contributed by atoms with Gasteiger partial charge in [0.25, 0.3) is 12.3 Å². The van der Waals surface area contributed by atoms with E-state index in [0.717, 1.165) is 0 Å². The summed E-state index contributed by atoms with van der Waals surface area (Å²) in [6, 6.07) is 3.05. The van der Waals surface area contributed by atoms with E-state index in [9.17, 15) is 13.6 Å². The van der Waals surface area contributed by atoms with E-state index in [1.807, 2.05) is 0 Å². The minimum Gasteiger partial charge on any atom is -0.373 e. The highest BCUT2D eigenvalue weighted by Gasteiger charge is 2.10. The number of carbonyl (C=O) groups excluding carboxylic acids is 1. The van der Waals surface area contributed by atoms with Gasteiger partial charge in [-0.1, -0.05) is 0 Å². The number of carbonyl (C=O) groups is 1. The summed E-state index contributed by atoms with van der Waals surface area (Å²) >= 11 is 0. The second kappa shape index (κ2) is 5.39. The molecule has 2 N–H and O–H groups in total. The van der Waals surface area contributed by atoms with Crippen LogP contribution >= 0.6 is 0 Å². The lowest BCUT2D eigenvalue weighted by atomic mass is 10.2. The number of aromatic nitrogens is 1. The first-order valence-electron chi connectivity index (χ1n) is 4.75. The molecule has 1 rings (SSSR count). The van der Waals surface area contributed by atoms with Gasteiger partial charge < -0.3 is 10.6 Å². The topological polar surface area (TPSA) is 54.0 Å². The van der Waals surface area contributed by atoms with Crippen molar-refractivity contribution < 1.29 is 13.6 Å². The zero-order valence-electron chi connectivity index (χ0n) is 9.05. The van der Waals surface area contributed by atoms with Gasteiger partial charge in [-0.05, 0) is 19.1 Å². The molecule has 0 bridgehead atoms. The maximum absolute atomic E-state index is 11.9. The Kier molecular flexibility index (Phi) is 4.16. The molecule has 0 saturated carbocycles. The van der Waals surface area contributed by atoms with Crippen LogP contribution in [-0.2, 0) is 0 Å². The highest BCUT2D eigenvalue weighted by molar-refractivity contribution is 5.94. The molecule has 0 radical (unpaired) electrons. The number of hydrogen-bond acceptors (Lipinski definition) is 3. The van der Waals surface area contributed by atoms with Gasteiger partial charge in [0.15, 0.2) is 0 Å². The van der Waals surface area contributed by atoms with Crippen molar-refractivity contribution in [3.05, 3.63) is 23.4 Å². The predicted molar refractivity (Wildman–Crippen MR) is 56.9 cm³/mol. The first-order valence-corrected chi connectivity index (χ1v) is 4.75. The smallest absolute Gasteiger partial charge is 0.255 e. The predicted octanol–water partition coefficient (Wildman–Crippen LogP) is 1.43. The Morgan fingerprint density at radius 2 is 2.19 bits per heavy atom. The van der Waals surface area contributed by atoms with Crippen LogP contribution < -0.4 is 10.6 Å². The van der Waals surface area contributed by atoms with E-state index in [2.05, 4.69) is 15.6 Å². The number of amides is 1. The van der Waals surface area contributed by atoms with Gasteiger partial charge in [0.2, 0.25) is 0 Å². The third-order valence-corrected chi connectivity index (χ3v) is 1.89. The maximum Gasteiger partial charge on any atom is 0.255 e. The van der Waals surface area contributed by atoms with Crippen molar-refractivity contribution in [1.82, 2.24) is 10.3 Å². The average molecular weight is 229 g/mol. The van der Waals surface area contributed by atoms with Crippen LogP contribution in [0.2, 0.25) is 0 Å². The van der Waals surface area contributed by atoms with E-state index in [1.54, 1.807) is 20.0 Å². The summed E-state index contributed by atoms with van der Waals surface area (Å²) in [5, 5.41) is 4.92. The van der Waals surface area contributed by atoms with E-state index in [4.69, 9.17) is 0 Å². The Bertz CT molecular complexity index is 382. The summed E-state index contributed by atoms with van der Waals surface area (Å²) in [6.45, 7) is 1.08. The molecule has 4 nitrogen and oxygen atoms in total. The van der Waals surface area contributed by atoms with Crippen LogP contribution in [0.4, 0.5) is 14.6 Å². The number of hydrogen-bond donors (Lipinski definition) is 2. The monoisotopic (exact) mass is 229 g/mol. The normalized spacial score (nSPS) is 10.3. The molecular formula is C10H13F2N3O. The van der Waals surface area contributed by atoms with Crippen LogP contribution in [-0.4, -0.2) is 30.9 Å². The molecule has 0 spiro atoms. The van der Waals surface area contributed by atoms with Crippen molar-refractivity contribution in [3.63, 3.8) is 0 Å². The molecule has 0 aliphatic rings. The van der Waals surface area contributed by atoms with Crippen molar-refractivity contribution in [2.75, 3.05) is 18.9 Å². The quantitative estimate of drug-likeness (QED) is 0.821. The van der Waals surface area contributed by atoms with Crippen LogP contribution in [0.15, 0.2) is 12.1 Å². The molecule has 1 aromatic heterocycles. The molecule has 88 valence electrons. The van der Waals surface area contributed by atoms with E-state index < -0.39 is 18.9 Å². The molecule has 0 aromatic carbocycles. The lowest BCUT2D eigenvalue weighted by molar-refractivity contribution is 0.0891. The lowest BCUT2D eigenvalue weighted by Gasteiger charge is -2.07. The summed E-state index contributed by atoms with van der Waals surface area (Å²) in [5.74, 6) is 0.00416. The Morgan fingerprint density at radius 1 is 1.50 bits per heavy atom. The van der Waals surface area contributed by atoms with Crippen LogP contribution in [0.25, 0.3) is 0 Å². The molecule has 0 atom stereocenters. The van der Waals surface area contributed by atoms with Gasteiger partial charge in [-0.2, -0.15) is 0 Å². The number of aryl methyl sites for hydroxylation is 1. The Morgan fingerprint density at radius 3 is 2.75 bits per heavy atom. The van der Waals surface area contributed by atoms with E-state index >= 15 is 0 Å². The van der Waals surface area contributed by atoms with Gasteiger partial charge in [-0.15, -0.1) is 0 Å². The molecule has 0 aliphatic carbocycles. The van der Waals surface area contributed by atoms with Crippen molar-refractivity contribution >= 4 is 11.7 Å². The Hall–Kier alpha value is -1.72. The van der Waals surface area contributed by atoms with Crippen molar-refractivity contribution in [2.45, 2.75) is 13.3 Å². The minimum absolute atomic E-state index is 0.317. The van der Waals surface area contributed by atoms with E-state index in [0.29, 0.717) is 17.1 Å². The molecule has 16 heavy (non-hydrogen) atoms. The molecular weight excluding hydrogens is 216 g/mol. The number of pyridine rings is 1. The number of nitrogens with one attached hydrogen (secondary N) is 2. The third-order valence-electron chi connectivity index (χ3n) is 1.89. The molecule has 0 saturated heterocycles. The van der Waals surface area contributed by atoms with Crippen molar-refractivity contribution in [1.29, 1.82) is 0 Å². The zero-order chi connectivity index (χ0) is 12.1. The third kappa shape index (κ3) is 3.45. The van der Waals surface area contributed by atoms with Crippen molar-refractivity contribution in [2.24, 2.45) is 0 Å². The van der Waals surface area contributed by atoms with Gasteiger partial charge in [-0.25, -0.2) is 13.8 Å². The summed E-state index contributed by atoms with van der Waals surface area (Å²) in [7, 11) is 1.67. The maximum atomic E-state index is 11.9. The largest absolute Gasteiger partial charge is 0.373 e. The molecule has 0 aliphatic heterocycles. The first kappa shape index (κ1) is 12.4. The standard InChI is InChI=1S/C10H13F2N3O/c1-6-3-7(4-9(13-2)15-6)10(16)14-5-8(11)12/h3-4,8H,5H2,1-2H3,(H,13,15)(H,14,16). The number of alkyl halides is 2. The summed E-state index contributed by atoms with van der Waals surface area (Å²) < 4.78 is 23.8. The fourth-order valence-electron chi connectivity index (χ4n) is 1.20. The van der Waals surface area contributed by atoms with E-state index in [-0.39, 0.29) is 0 Å². The SMILES string of the molecule is CNc1cc(C(=O)NCC(F)F)cc(C)n1. The van der Waals surface area contributed by atoms with Crippen LogP contribution in [0.3, 0.4) is 0 Å². The van der Waals surface area contributed by atoms with E-state index in [1.165, 1.54) is 6.07 Å². The van der Waals surface area contributed by atoms with Crippen LogP contribution in [0.1, 0.15) is 16.1 Å². The second-order valence-corrected chi connectivity index (χ2v) is 3.23. The summed E-state index contributed by atoms with van der Waals surface area (Å²) in [6.07, 6.45) is -2.55. The Balaban J connectivity index is 2.78. The van der Waals surface area contributed by atoms with Crippen molar-refractivity contribution in [3.8, 4) is 0 Å². The molecule has 1 amide bonds. The Labute approximate surface area is 92.1 Å². The minimum atomic E-state index is -2.55. The fourth-order valence-corrected chi connectivity index (χ4v) is 1.20. The van der Waals surface area contributed by atoms with Crippen LogP contribution in [0.5, 0.6) is 0 Å². The molecule has 0 fully saturated rings. The lowest BCUT2D eigenvalue weighted by Crippen LogP contribution is -2.28.